The molecule has 0 spiro atoms. The van der Waals surface area contributed by atoms with E-state index in [0.717, 1.165) is 6.21 Å². The first-order valence-corrected chi connectivity index (χ1v) is 1.82. The van der Waals surface area contributed by atoms with E-state index in [1.807, 2.05) is 0 Å². The minimum Gasteiger partial charge on any atom is -0.404 e. The average molecular weight is 98.1 g/mol. The third-order valence-corrected chi connectivity index (χ3v) is 0.552. The molecule has 0 heterocycles. The molecule has 0 atom stereocenters. The summed E-state index contributed by atoms with van der Waals surface area (Å²) in [6.45, 7) is 0. The number of hydrogen-bond donors (Lipinski definition) is 3. The summed E-state index contributed by atoms with van der Waals surface area (Å²) in [6, 6.07) is 0. The topological polar surface area (TPSA) is 75.5 Å². The molecule has 0 radical (unpaired) electrons. The number of allylic oxidation sites excluding steroid dienone is 1. The Kier molecular flexibility index (Phi) is 2.59. The van der Waals surface area contributed by atoms with Crippen molar-refractivity contribution in [2.45, 2.75) is 0 Å². The monoisotopic (exact) mass is 98.1 g/mol. The van der Waals surface area contributed by atoms with Crippen LogP contribution in [0.3, 0.4) is 0 Å². The maximum Gasteiger partial charge on any atom is 0.170 e. The van der Waals surface area contributed by atoms with Gasteiger partial charge in [-0.15, -0.1) is 0 Å². The van der Waals surface area contributed by atoms with Crippen LogP contribution in [0, 0.1) is 5.41 Å². The highest BCUT2D eigenvalue weighted by Gasteiger charge is 1.81. The zero-order chi connectivity index (χ0) is 5.70. The zero-order valence-corrected chi connectivity index (χ0v) is 3.89. The van der Waals surface area contributed by atoms with Gasteiger partial charge in [-0.1, -0.05) is 0 Å². The Morgan fingerprint density at radius 1 is 1.71 bits per heavy atom. The van der Waals surface area contributed by atoms with E-state index >= 15 is 0 Å². The molecule has 0 bridgehead atoms. The second kappa shape index (κ2) is 3.08. The van der Waals surface area contributed by atoms with Crippen LogP contribution in [0.5, 0.6) is 0 Å². The fourth-order valence-corrected chi connectivity index (χ4v) is 0.152. The second-order valence-electron chi connectivity index (χ2n) is 0.978. The van der Waals surface area contributed by atoms with E-state index in [1.165, 1.54) is 12.4 Å². The second-order valence-corrected chi connectivity index (χ2v) is 0.978. The molecule has 0 aliphatic carbocycles. The van der Waals surface area contributed by atoms with Gasteiger partial charge in [-0.2, -0.15) is 0 Å². The molecule has 0 aliphatic heterocycles. The largest absolute Gasteiger partial charge is 0.404 e. The van der Waals surface area contributed by atoms with Crippen molar-refractivity contribution in [2.24, 2.45) is 5.73 Å². The van der Waals surface area contributed by atoms with Gasteiger partial charge < -0.3 is 11.1 Å². The molecule has 0 aromatic heterocycles. The van der Waals surface area contributed by atoms with Gasteiger partial charge in [-0.3, -0.25) is 5.41 Å². The van der Waals surface area contributed by atoms with E-state index < -0.39 is 0 Å². The number of rotatable bonds is 2. The van der Waals surface area contributed by atoms with Crippen LogP contribution >= 0.6 is 0 Å². The van der Waals surface area contributed by atoms with E-state index in [9.17, 15) is 0 Å². The number of nitrogens with two attached hydrogens (primary N) is 2. The number of nitrogens with one attached hydrogen (secondary N) is 1. The predicted molar refractivity (Wildman–Crippen MR) is 29.0 cm³/mol. The molecule has 3 heteroatoms. The van der Waals surface area contributed by atoms with Gasteiger partial charge in [0.25, 0.3) is 0 Å². The average Bonchev–Trinajstić information content (AvgIpc) is 1.72. The third-order valence-electron chi connectivity index (χ3n) is 0.552. The molecular formula is C4H8N3+. The standard InChI is InChI=1S/C4H7N3/c5-1-4(2-6)3-7/h1-3,5-6H,7H2/p+1. The van der Waals surface area contributed by atoms with Crippen LogP contribution in [0.1, 0.15) is 0 Å². The first-order chi connectivity index (χ1) is 3.35. The van der Waals surface area contributed by atoms with Gasteiger partial charge in [0.05, 0.1) is 5.57 Å². The minimum absolute atomic E-state index is 0.528. The van der Waals surface area contributed by atoms with Gasteiger partial charge in [-0.25, -0.2) is 0 Å². The highest BCUT2D eigenvalue weighted by atomic mass is 14.5. The molecule has 0 aromatic carbocycles. The molecule has 5 N–H and O–H groups in total. The molecule has 0 fully saturated rings. The van der Waals surface area contributed by atoms with Gasteiger partial charge in [0.2, 0.25) is 0 Å². The van der Waals surface area contributed by atoms with Gasteiger partial charge in [0, 0.05) is 12.4 Å². The van der Waals surface area contributed by atoms with Gasteiger partial charge in [0.15, 0.2) is 6.21 Å². The molecule has 0 saturated carbocycles. The molecule has 0 amide bonds. The lowest BCUT2D eigenvalue weighted by molar-refractivity contribution is -0.104. The summed E-state index contributed by atoms with van der Waals surface area (Å²) in [6.07, 6.45) is 3.62. The zero-order valence-electron chi connectivity index (χ0n) is 3.89. The highest BCUT2D eigenvalue weighted by Crippen LogP contribution is 1.71. The summed E-state index contributed by atoms with van der Waals surface area (Å²) < 4.78 is 0. The quantitative estimate of drug-likeness (QED) is 0.354. The highest BCUT2D eigenvalue weighted by molar-refractivity contribution is 6.00. The van der Waals surface area contributed by atoms with Crippen LogP contribution in [0.25, 0.3) is 0 Å². The molecule has 7 heavy (non-hydrogen) atoms. The lowest BCUT2D eigenvalue weighted by atomic mass is 10.3. The van der Waals surface area contributed by atoms with Gasteiger partial charge in [-0.05, 0) is 0 Å². The molecular weight excluding hydrogens is 90.1 g/mol. The van der Waals surface area contributed by atoms with Crippen molar-refractivity contribution in [3.63, 3.8) is 0 Å². The Morgan fingerprint density at radius 3 is 2.29 bits per heavy atom. The van der Waals surface area contributed by atoms with Crippen LogP contribution in [0.2, 0.25) is 0 Å². The van der Waals surface area contributed by atoms with Crippen molar-refractivity contribution >= 4 is 12.4 Å². The maximum absolute atomic E-state index is 6.58. The smallest absolute Gasteiger partial charge is 0.170 e. The summed E-state index contributed by atoms with van der Waals surface area (Å²) in [4.78, 5) is 0. The Balaban J connectivity index is 3.85. The van der Waals surface area contributed by atoms with Crippen LogP contribution in [-0.4, -0.2) is 12.4 Å². The third kappa shape index (κ3) is 1.70. The first kappa shape index (κ1) is 5.88. The summed E-state index contributed by atoms with van der Waals surface area (Å²) in [5.41, 5.74) is 5.50. The van der Waals surface area contributed by atoms with E-state index in [-0.39, 0.29) is 0 Å². The Hall–Kier alpha value is -1.12. The minimum atomic E-state index is 0.528. The summed E-state index contributed by atoms with van der Waals surface area (Å²) >= 11 is 0. The van der Waals surface area contributed by atoms with E-state index in [4.69, 9.17) is 16.6 Å². The lowest BCUT2D eigenvalue weighted by Gasteiger charge is -1.75. The Morgan fingerprint density at radius 2 is 2.29 bits per heavy atom. The molecule has 0 aliphatic rings. The van der Waals surface area contributed by atoms with Gasteiger partial charge in [0.1, 0.15) is 0 Å². The van der Waals surface area contributed by atoms with Crippen LogP contribution < -0.4 is 11.1 Å². The van der Waals surface area contributed by atoms with Gasteiger partial charge >= 0.3 is 0 Å². The summed E-state index contributed by atoms with van der Waals surface area (Å²) in [5, 5.41) is 11.5. The van der Waals surface area contributed by atoms with Crippen molar-refractivity contribution in [3.05, 3.63) is 11.8 Å². The van der Waals surface area contributed by atoms with Crippen molar-refractivity contribution in [2.75, 3.05) is 0 Å². The van der Waals surface area contributed by atoms with Crippen molar-refractivity contribution in [3.8, 4) is 0 Å². The maximum atomic E-state index is 6.58. The fraction of sp³-hybridized carbons (Fsp3) is 0. The lowest BCUT2D eigenvalue weighted by Crippen LogP contribution is -2.30. The van der Waals surface area contributed by atoms with E-state index in [1.54, 1.807) is 0 Å². The van der Waals surface area contributed by atoms with Crippen molar-refractivity contribution in [1.29, 1.82) is 5.41 Å². The molecule has 0 aromatic rings. The SMILES string of the molecule is N=C/C(C=[NH2+])=C/N. The molecule has 38 valence electrons. The van der Waals surface area contributed by atoms with E-state index in [0.29, 0.717) is 5.57 Å². The normalized spacial score (nSPS) is 10.6. The van der Waals surface area contributed by atoms with E-state index in [2.05, 4.69) is 0 Å². The van der Waals surface area contributed by atoms with Crippen LogP contribution in [-0.2, 0) is 0 Å². The molecule has 0 rings (SSSR count). The molecule has 3 nitrogen and oxygen atoms in total. The Labute approximate surface area is 41.9 Å². The molecule has 0 unspecified atom stereocenters. The van der Waals surface area contributed by atoms with Crippen LogP contribution in [0.4, 0.5) is 0 Å². The Bertz CT molecular complexity index is 93.5. The van der Waals surface area contributed by atoms with Crippen LogP contribution in [0.15, 0.2) is 11.8 Å². The summed E-state index contributed by atoms with van der Waals surface area (Å²) in [7, 11) is 0. The summed E-state index contributed by atoms with van der Waals surface area (Å²) in [5.74, 6) is 0. The van der Waals surface area contributed by atoms with Crippen molar-refractivity contribution < 1.29 is 5.41 Å². The first-order valence-electron chi connectivity index (χ1n) is 1.82. The molecule has 0 saturated heterocycles. The fourth-order valence-electron chi connectivity index (χ4n) is 0.152. The predicted octanol–water partition coefficient (Wildman–Crippen LogP) is -1.69. The van der Waals surface area contributed by atoms with Crippen molar-refractivity contribution in [1.82, 2.24) is 0 Å². The number of hydrogen-bond acceptors (Lipinski definition) is 2.